The minimum atomic E-state index is 0.281. The molecule has 0 fully saturated rings. The molecular formula is C21H21NO3S. The van der Waals surface area contributed by atoms with Crippen molar-refractivity contribution in [3.8, 4) is 11.5 Å². The number of hydrogen-bond donors (Lipinski definition) is 1. The molecule has 4 nitrogen and oxygen atoms in total. The Hall–Kier alpha value is -2.37. The van der Waals surface area contributed by atoms with Crippen LogP contribution in [-0.4, -0.2) is 19.9 Å². The van der Waals surface area contributed by atoms with Gasteiger partial charge in [0.05, 0.1) is 6.26 Å². The van der Waals surface area contributed by atoms with Gasteiger partial charge in [-0.05, 0) is 42.0 Å². The van der Waals surface area contributed by atoms with Crippen LogP contribution in [0.2, 0.25) is 0 Å². The zero-order valence-corrected chi connectivity index (χ0v) is 15.2. The van der Waals surface area contributed by atoms with E-state index < -0.39 is 0 Å². The molecular weight excluding hydrogens is 346 g/mol. The number of benzene rings is 2. The molecule has 2 heterocycles. The molecule has 1 aliphatic heterocycles. The second-order valence-corrected chi connectivity index (χ2v) is 7.34. The molecule has 2 aromatic carbocycles. The van der Waals surface area contributed by atoms with Gasteiger partial charge in [0.2, 0.25) is 6.79 Å². The molecule has 26 heavy (non-hydrogen) atoms. The maximum Gasteiger partial charge on any atom is 0.231 e. The topological polar surface area (TPSA) is 43.6 Å². The van der Waals surface area contributed by atoms with Crippen molar-refractivity contribution in [2.75, 3.05) is 19.9 Å². The third kappa shape index (κ3) is 4.23. The third-order valence-electron chi connectivity index (χ3n) is 4.25. The van der Waals surface area contributed by atoms with Crippen LogP contribution in [0.15, 0.2) is 76.2 Å². The summed E-state index contributed by atoms with van der Waals surface area (Å²) in [5.41, 5.74) is 1.23. The van der Waals surface area contributed by atoms with E-state index in [1.165, 1.54) is 10.5 Å². The van der Waals surface area contributed by atoms with E-state index in [1.54, 1.807) is 6.26 Å². The molecule has 1 unspecified atom stereocenters. The van der Waals surface area contributed by atoms with E-state index >= 15 is 0 Å². The first-order valence-corrected chi connectivity index (χ1v) is 9.61. The minimum absolute atomic E-state index is 0.281. The highest BCUT2D eigenvalue weighted by atomic mass is 32.2. The lowest BCUT2D eigenvalue weighted by molar-refractivity contribution is 0.174. The summed E-state index contributed by atoms with van der Waals surface area (Å²) < 4.78 is 16.4. The number of thioether (sulfide) groups is 1. The van der Waals surface area contributed by atoms with Gasteiger partial charge in [0.15, 0.2) is 11.5 Å². The molecule has 1 atom stereocenters. The number of ether oxygens (including phenoxy) is 2. The summed E-state index contributed by atoms with van der Waals surface area (Å²) in [7, 11) is 0. The Morgan fingerprint density at radius 1 is 0.962 bits per heavy atom. The second-order valence-electron chi connectivity index (χ2n) is 6.07. The van der Waals surface area contributed by atoms with Crippen LogP contribution in [0.3, 0.4) is 0 Å². The Morgan fingerprint density at radius 3 is 2.69 bits per heavy atom. The predicted molar refractivity (Wildman–Crippen MR) is 103 cm³/mol. The van der Waals surface area contributed by atoms with Gasteiger partial charge >= 0.3 is 0 Å². The van der Waals surface area contributed by atoms with Crippen molar-refractivity contribution in [1.29, 1.82) is 0 Å². The van der Waals surface area contributed by atoms with Crippen LogP contribution in [0.4, 0.5) is 0 Å². The van der Waals surface area contributed by atoms with E-state index in [2.05, 4.69) is 41.7 Å². The highest BCUT2D eigenvalue weighted by Gasteiger charge is 2.19. The standard InChI is InChI=1S/C21H21NO3S/c1-2-6-18(7-3-1)26-21(14-22-11-10-17-5-4-12-23-17)16-8-9-19-20(13-16)25-15-24-19/h1-9,12-13,21-22H,10-11,14-15H2. The first-order chi connectivity index (χ1) is 12.9. The average Bonchev–Trinajstić information content (AvgIpc) is 3.36. The molecule has 0 spiro atoms. The van der Waals surface area contributed by atoms with Gasteiger partial charge in [-0.25, -0.2) is 0 Å². The van der Waals surface area contributed by atoms with Crippen LogP contribution in [0.25, 0.3) is 0 Å². The zero-order chi connectivity index (χ0) is 17.6. The largest absolute Gasteiger partial charge is 0.469 e. The fourth-order valence-corrected chi connectivity index (χ4v) is 4.03. The fraction of sp³-hybridized carbons (Fsp3) is 0.238. The zero-order valence-electron chi connectivity index (χ0n) is 14.4. The Balaban J connectivity index is 1.44. The first kappa shape index (κ1) is 17.1. The molecule has 0 saturated heterocycles. The highest BCUT2D eigenvalue weighted by molar-refractivity contribution is 7.99. The lowest BCUT2D eigenvalue weighted by atomic mass is 10.1. The average molecular weight is 367 g/mol. The van der Waals surface area contributed by atoms with Gasteiger partial charge in [-0.1, -0.05) is 24.3 Å². The van der Waals surface area contributed by atoms with E-state index in [1.807, 2.05) is 36.0 Å². The Labute approximate surface area is 157 Å². The van der Waals surface area contributed by atoms with Crippen molar-refractivity contribution in [1.82, 2.24) is 5.32 Å². The lowest BCUT2D eigenvalue weighted by Crippen LogP contribution is -2.22. The second kappa shape index (κ2) is 8.34. The molecule has 1 aliphatic rings. The van der Waals surface area contributed by atoms with Gasteiger partial charge in [-0.2, -0.15) is 0 Å². The van der Waals surface area contributed by atoms with Gasteiger partial charge in [-0.3, -0.25) is 0 Å². The minimum Gasteiger partial charge on any atom is -0.469 e. The summed E-state index contributed by atoms with van der Waals surface area (Å²) in [6, 6.07) is 20.6. The van der Waals surface area contributed by atoms with Crippen LogP contribution in [-0.2, 0) is 6.42 Å². The third-order valence-corrected chi connectivity index (χ3v) is 5.52. The maximum atomic E-state index is 5.55. The summed E-state index contributed by atoms with van der Waals surface area (Å²) in [5.74, 6) is 2.66. The van der Waals surface area contributed by atoms with E-state index in [9.17, 15) is 0 Å². The first-order valence-electron chi connectivity index (χ1n) is 8.73. The highest BCUT2D eigenvalue weighted by Crippen LogP contribution is 2.40. The Bertz CT molecular complexity index is 821. The van der Waals surface area contributed by atoms with Crippen LogP contribution in [0, 0.1) is 0 Å². The molecule has 4 rings (SSSR count). The van der Waals surface area contributed by atoms with E-state index in [0.717, 1.165) is 36.8 Å². The number of fused-ring (bicyclic) bond motifs is 1. The number of furan rings is 1. The van der Waals surface area contributed by atoms with Crippen LogP contribution in [0.5, 0.6) is 11.5 Å². The van der Waals surface area contributed by atoms with Crippen molar-refractivity contribution in [2.45, 2.75) is 16.6 Å². The molecule has 134 valence electrons. The molecule has 0 saturated carbocycles. The van der Waals surface area contributed by atoms with Crippen molar-refractivity contribution < 1.29 is 13.9 Å². The van der Waals surface area contributed by atoms with Gasteiger partial charge in [0.25, 0.3) is 0 Å². The Kier molecular flexibility index (Phi) is 5.47. The van der Waals surface area contributed by atoms with Crippen LogP contribution < -0.4 is 14.8 Å². The molecule has 3 aromatic rings. The van der Waals surface area contributed by atoms with E-state index in [0.29, 0.717) is 6.79 Å². The summed E-state index contributed by atoms with van der Waals surface area (Å²) in [5, 5.41) is 3.84. The van der Waals surface area contributed by atoms with Gasteiger partial charge in [0, 0.05) is 29.7 Å². The van der Waals surface area contributed by atoms with Crippen LogP contribution >= 0.6 is 11.8 Å². The monoisotopic (exact) mass is 367 g/mol. The van der Waals surface area contributed by atoms with Gasteiger partial charge in [0.1, 0.15) is 5.76 Å². The predicted octanol–water partition coefficient (Wildman–Crippen LogP) is 4.67. The molecule has 1 N–H and O–H groups in total. The number of rotatable bonds is 8. The molecule has 0 aliphatic carbocycles. The molecule has 1 aromatic heterocycles. The van der Waals surface area contributed by atoms with Gasteiger partial charge < -0.3 is 19.2 Å². The smallest absolute Gasteiger partial charge is 0.231 e. The molecule has 5 heteroatoms. The normalized spacial score (nSPS) is 13.7. The summed E-state index contributed by atoms with van der Waals surface area (Å²) >= 11 is 1.85. The van der Waals surface area contributed by atoms with Crippen LogP contribution in [0.1, 0.15) is 16.6 Å². The quantitative estimate of drug-likeness (QED) is 0.463. The summed E-state index contributed by atoms with van der Waals surface area (Å²) in [6.07, 6.45) is 2.60. The van der Waals surface area contributed by atoms with Gasteiger partial charge in [-0.15, -0.1) is 11.8 Å². The molecule has 0 amide bonds. The summed E-state index contributed by atoms with van der Waals surface area (Å²) in [6.45, 7) is 2.04. The van der Waals surface area contributed by atoms with Crippen molar-refractivity contribution in [3.63, 3.8) is 0 Å². The van der Waals surface area contributed by atoms with Crippen molar-refractivity contribution >= 4 is 11.8 Å². The number of nitrogens with one attached hydrogen (secondary N) is 1. The van der Waals surface area contributed by atoms with Crippen molar-refractivity contribution in [3.05, 3.63) is 78.3 Å². The van der Waals surface area contributed by atoms with Crippen molar-refractivity contribution in [2.24, 2.45) is 0 Å². The number of hydrogen-bond acceptors (Lipinski definition) is 5. The molecule has 0 bridgehead atoms. The fourth-order valence-electron chi connectivity index (χ4n) is 2.90. The van der Waals surface area contributed by atoms with E-state index in [4.69, 9.17) is 13.9 Å². The maximum absolute atomic E-state index is 5.55. The molecule has 0 radical (unpaired) electrons. The lowest BCUT2D eigenvalue weighted by Gasteiger charge is -2.18. The summed E-state index contributed by atoms with van der Waals surface area (Å²) in [4.78, 5) is 1.25. The SMILES string of the molecule is c1ccc(SC(CNCCc2ccco2)c2ccc3c(c2)OCO3)cc1. The van der Waals surface area contributed by atoms with E-state index in [-0.39, 0.29) is 5.25 Å². The Morgan fingerprint density at radius 2 is 1.85 bits per heavy atom.